The highest BCUT2D eigenvalue weighted by Crippen LogP contribution is 2.27. The van der Waals surface area contributed by atoms with Crippen molar-refractivity contribution in [1.82, 2.24) is 4.72 Å². The maximum atomic E-state index is 12.7. The minimum absolute atomic E-state index is 0.0448. The van der Waals surface area contributed by atoms with Crippen LogP contribution in [0.2, 0.25) is 0 Å². The van der Waals surface area contributed by atoms with E-state index in [4.69, 9.17) is 15.7 Å². The highest BCUT2D eigenvalue weighted by atomic mass is 32.2. The van der Waals surface area contributed by atoms with E-state index in [1.807, 2.05) is 19.9 Å². The van der Waals surface area contributed by atoms with Gasteiger partial charge in [0, 0.05) is 12.1 Å². The minimum Gasteiger partial charge on any atom is -0.507 e. The highest BCUT2D eigenvalue weighted by molar-refractivity contribution is 7.89. The number of nitrogens with two attached hydrogens (primary N) is 1. The molecular formula is C22H29N3O7S. The molecule has 0 amide bonds. The zero-order valence-electron chi connectivity index (χ0n) is 18.6. The molecule has 0 saturated carbocycles. The quantitative estimate of drug-likeness (QED) is 0.141. The molecule has 0 aliphatic heterocycles. The summed E-state index contributed by atoms with van der Waals surface area (Å²) < 4.78 is 33.6. The normalized spacial score (nSPS) is 13.2. The van der Waals surface area contributed by atoms with Crippen LogP contribution in [0.25, 0.3) is 0 Å². The van der Waals surface area contributed by atoms with E-state index in [9.17, 15) is 23.4 Å². The van der Waals surface area contributed by atoms with Gasteiger partial charge in [0.2, 0.25) is 10.0 Å². The van der Waals surface area contributed by atoms with Crippen molar-refractivity contribution in [3.8, 4) is 11.5 Å². The van der Waals surface area contributed by atoms with E-state index in [1.54, 1.807) is 19.1 Å². The molecule has 0 aliphatic carbocycles. The number of nitrogens with zero attached hydrogens (tertiary/aromatic N) is 1. The predicted octanol–water partition coefficient (Wildman–Crippen LogP) is 2.37. The fourth-order valence-electron chi connectivity index (χ4n) is 3.05. The second kappa shape index (κ2) is 11.0. The van der Waals surface area contributed by atoms with E-state index >= 15 is 0 Å². The number of aliphatic carboxylic acids is 1. The number of benzene rings is 2. The number of carboxylic acid groups (broad SMARTS) is 1. The maximum absolute atomic E-state index is 12.7. The molecule has 0 aromatic heterocycles. The van der Waals surface area contributed by atoms with E-state index in [-0.39, 0.29) is 36.7 Å². The van der Waals surface area contributed by atoms with Gasteiger partial charge in [-0.05, 0) is 54.2 Å². The van der Waals surface area contributed by atoms with Crippen molar-refractivity contribution in [1.29, 1.82) is 0 Å². The number of phenolic OH excluding ortho intramolecular Hbond substituents is 1. The van der Waals surface area contributed by atoms with Gasteiger partial charge in [-0.15, -0.1) is 0 Å². The zero-order valence-corrected chi connectivity index (χ0v) is 19.5. The van der Waals surface area contributed by atoms with Crippen molar-refractivity contribution in [2.75, 3.05) is 6.54 Å². The third-order valence-corrected chi connectivity index (χ3v) is 6.50. The Bertz CT molecular complexity index is 1130. The number of phenols is 1. The molecule has 33 heavy (non-hydrogen) atoms. The third kappa shape index (κ3) is 6.59. The largest absolute Gasteiger partial charge is 0.507 e. The standard InChI is InChI=1S/C22H29N3O7S/c1-4-18(22(27)28)32-19-11-15(13(2)3)6-5-14(19)9-10-24-33(30,31)20-12-16(21(23)25-29)7-8-17(20)26/h5-8,11-13,18,24,26,29H,4,9-10H2,1-3H3,(H2,23,25)(H,27,28). The summed E-state index contributed by atoms with van der Waals surface area (Å²) in [5.41, 5.74) is 7.22. The summed E-state index contributed by atoms with van der Waals surface area (Å²) in [6, 6.07) is 8.98. The number of aromatic hydroxyl groups is 1. The molecule has 1 unspecified atom stereocenters. The third-order valence-electron chi connectivity index (χ3n) is 5.01. The van der Waals surface area contributed by atoms with Crippen LogP contribution in [0.5, 0.6) is 11.5 Å². The van der Waals surface area contributed by atoms with Gasteiger partial charge in [-0.3, -0.25) is 0 Å². The molecule has 0 bridgehead atoms. The molecule has 180 valence electrons. The number of sulfonamides is 1. The zero-order chi connectivity index (χ0) is 24.8. The molecule has 0 saturated heterocycles. The van der Waals surface area contributed by atoms with E-state index in [0.717, 1.165) is 17.7 Å². The molecule has 11 heteroatoms. The van der Waals surface area contributed by atoms with Gasteiger partial charge in [-0.1, -0.05) is 38.1 Å². The molecule has 10 nitrogen and oxygen atoms in total. The Hall–Kier alpha value is -3.31. The number of carboxylic acids is 1. The second-order valence-corrected chi connectivity index (χ2v) is 9.43. The van der Waals surface area contributed by atoms with Gasteiger partial charge < -0.3 is 25.9 Å². The molecule has 0 fully saturated rings. The summed E-state index contributed by atoms with van der Waals surface area (Å²) in [6.45, 7) is 5.65. The number of carbonyl (C=O) groups is 1. The van der Waals surface area contributed by atoms with Crippen LogP contribution < -0.4 is 15.2 Å². The Morgan fingerprint density at radius 3 is 2.48 bits per heavy atom. The Balaban J connectivity index is 2.25. The lowest BCUT2D eigenvalue weighted by atomic mass is 9.99. The van der Waals surface area contributed by atoms with Gasteiger partial charge in [0.15, 0.2) is 11.9 Å². The molecule has 0 spiro atoms. The maximum Gasteiger partial charge on any atom is 0.344 e. The summed E-state index contributed by atoms with van der Waals surface area (Å²) >= 11 is 0. The number of nitrogens with one attached hydrogen (secondary N) is 1. The number of ether oxygens (including phenoxy) is 1. The van der Waals surface area contributed by atoms with Gasteiger partial charge in [-0.25, -0.2) is 17.9 Å². The van der Waals surface area contributed by atoms with Crippen molar-refractivity contribution in [3.05, 3.63) is 53.1 Å². The first-order chi connectivity index (χ1) is 15.5. The SMILES string of the molecule is CCC(Oc1cc(C(C)C)ccc1CCNS(=O)(=O)c1cc(C(N)=NO)ccc1O)C(=O)O. The van der Waals surface area contributed by atoms with Crippen LogP contribution in [0.4, 0.5) is 0 Å². The summed E-state index contributed by atoms with van der Waals surface area (Å²) in [5.74, 6) is -1.31. The Kier molecular flexibility index (Phi) is 8.66. The summed E-state index contributed by atoms with van der Waals surface area (Å²) in [4.78, 5) is 11.0. The van der Waals surface area contributed by atoms with E-state index in [2.05, 4.69) is 9.88 Å². The van der Waals surface area contributed by atoms with Crippen LogP contribution >= 0.6 is 0 Å². The number of hydrogen-bond donors (Lipinski definition) is 5. The van der Waals surface area contributed by atoms with Crippen molar-refractivity contribution >= 4 is 21.8 Å². The van der Waals surface area contributed by atoms with Crippen molar-refractivity contribution in [3.63, 3.8) is 0 Å². The first-order valence-electron chi connectivity index (χ1n) is 10.3. The van der Waals surface area contributed by atoms with Crippen LogP contribution in [0.15, 0.2) is 46.4 Å². The molecule has 0 radical (unpaired) electrons. The van der Waals surface area contributed by atoms with Crippen molar-refractivity contribution in [2.45, 2.75) is 50.5 Å². The van der Waals surface area contributed by atoms with E-state index in [1.165, 1.54) is 6.07 Å². The number of amidine groups is 1. The first kappa shape index (κ1) is 25.9. The lowest BCUT2D eigenvalue weighted by molar-refractivity contribution is -0.145. The highest BCUT2D eigenvalue weighted by Gasteiger charge is 2.22. The number of rotatable bonds is 11. The van der Waals surface area contributed by atoms with Crippen LogP contribution in [0.1, 0.15) is 49.8 Å². The summed E-state index contributed by atoms with van der Waals surface area (Å²) in [6.07, 6.45) is -0.548. The minimum atomic E-state index is -4.13. The molecule has 2 aromatic carbocycles. The van der Waals surface area contributed by atoms with Gasteiger partial charge in [-0.2, -0.15) is 0 Å². The molecule has 0 heterocycles. The van der Waals surface area contributed by atoms with Crippen LogP contribution in [-0.4, -0.2) is 48.3 Å². The second-order valence-electron chi connectivity index (χ2n) is 7.69. The van der Waals surface area contributed by atoms with Gasteiger partial charge in [0.1, 0.15) is 16.4 Å². The van der Waals surface area contributed by atoms with E-state index in [0.29, 0.717) is 11.3 Å². The fraction of sp³-hybridized carbons (Fsp3) is 0.364. The van der Waals surface area contributed by atoms with E-state index < -0.39 is 32.7 Å². The summed E-state index contributed by atoms with van der Waals surface area (Å²) in [7, 11) is -4.13. The molecular weight excluding hydrogens is 450 g/mol. The van der Waals surface area contributed by atoms with Gasteiger partial charge >= 0.3 is 5.97 Å². The van der Waals surface area contributed by atoms with Crippen LogP contribution in [0, 0.1) is 0 Å². The topological polar surface area (TPSA) is 172 Å². The Labute approximate surface area is 192 Å². The molecule has 2 aromatic rings. The smallest absolute Gasteiger partial charge is 0.344 e. The van der Waals surface area contributed by atoms with Crippen molar-refractivity contribution in [2.24, 2.45) is 10.9 Å². The lowest BCUT2D eigenvalue weighted by Crippen LogP contribution is -2.28. The van der Waals surface area contributed by atoms with Gasteiger partial charge in [0.05, 0.1) is 0 Å². The Morgan fingerprint density at radius 2 is 1.91 bits per heavy atom. The van der Waals surface area contributed by atoms with Crippen LogP contribution in [0.3, 0.4) is 0 Å². The van der Waals surface area contributed by atoms with Crippen molar-refractivity contribution < 1.29 is 33.4 Å². The number of oxime groups is 1. The van der Waals surface area contributed by atoms with Gasteiger partial charge in [0.25, 0.3) is 0 Å². The fourth-order valence-corrected chi connectivity index (χ4v) is 4.20. The monoisotopic (exact) mass is 479 g/mol. The first-order valence-corrected chi connectivity index (χ1v) is 11.8. The molecule has 0 aliphatic rings. The molecule has 2 rings (SSSR count). The average Bonchev–Trinajstić information content (AvgIpc) is 2.77. The molecule has 6 N–H and O–H groups in total. The Morgan fingerprint density at radius 1 is 1.21 bits per heavy atom. The average molecular weight is 480 g/mol. The van der Waals surface area contributed by atoms with Crippen LogP contribution in [-0.2, 0) is 21.2 Å². The summed E-state index contributed by atoms with van der Waals surface area (Å²) in [5, 5.41) is 31.0. The predicted molar refractivity (Wildman–Crippen MR) is 122 cm³/mol. The number of hydrogen-bond acceptors (Lipinski definition) is 7. The lowest BCUT2D eigenvalue weighted by Gasteiger charge is -2.19. The molecule has 1 atom stereocenters.